The standard InChI is InChI=1S/C14H17FN4O2/c1-19-6-5-16-8-11(19)13-17-14(21-18-13)10-7-9(15)3-4-12(10)20-2/h3-4,7,11,16H,5-6,8H2,1-2H3. The smallest absolute Gasteiger partial charge is 0.261 e. The molecule has 1 fully saturated rings. The second kappa shape index (κ2) is 5.79. The van der Waals surface area contributed by atoms with Gasteiger partial charge in [0, 0.05) is 19.6 Å². The molecule has 6 nitrogen and oxygen atoms in total. The van der Waals surface area contributed by atoms with Gasteiger partial charge in [-0.2, -0.15) is 4.98 Å². The van der Waals surface area contributed by atoms with Gasteiger partial charge in [-0.1, -0.05) is 5.16 Å². The summed E-state index contributed by atoms with van der Waals surface area (Å²) in [5, 5.41) is 7.32. The van der Waals surface area contributed by atoms with Crippen molar-refractivity contribution in [1.82, 2.24) is 20.4 Å². The first-order chi connectivity index (χ1) is 10.2. The molecule has 21 heavy (non-hydrogen) atoms. The maximum Gasteiger partial charge on any atom is 0.261 e. The van der Waals surface area contributed by atoms with Crippen LogP contribution in [-0.4, -0.2) is 48.8 Å². The molecule has 1 aliphatic rings. The van der Waals surface area contributed by atoms with Crippen LogP contribution in [0.2, 0.25) is 0 Å². The van der Waals surface area contributed by atoms with Crippen LogP contribution in [0.25, 0.3) is 11.5 Å². The van der Waals surface area contributed by atoms with Crippen LogP contribution < -0.4 is 10.1 Å². The van der Waals surface area contributed by atoms with Crippen molar-refractivity contribution in [3.05, 3.63) is 29.8 Å². The molecule has 0 aliphatic carbocycles. The van der Waals surface area contributed by atoms with Crippen molar-refractivity contribution in [2.45, 2.75) is 6.04 Å². The molecule has 0 radical (unpaired) electrons. The summed E-state index contributed by atoms with van der Waals surface area (Å²) < 4.78 is 23.9. The van der Waals surface area contributed by atoms with Crippen LogP contribution in [0.5, 0.6) is 5.75 Å². The Kier molecular flexibility index (Phi) is 3.85. The van der Waals surface area contributed by atoms with Gasteiger partial charge >= 0.3 is 0 Å². The number of likely N-dealkylation sites (N-methyl/N-ethyl adjacent to an activating group) is 1. The first-order valence-electron chi connectivity index (χ1n) is 6.77. The molecule has 0 bridgehead atoms. The lowest BCUT2D eigenvalue weighted by Crippen LogP contribution is -2.44. The molecule has 2 heterocycles. The number of nitrogens with one attached hydrogen (secondary N) is 1. The largest absolute Gasteiger partial charge is 0.496 e. The SMILES string of the molecule is COc1ccc(F)cc1-c1nc(C2CNCCN2C)no1. The summed E-state index contributed by atoms with van der Waals surface area (Å²) in [5.74, 6) is 0.982. The molecule has 2 aromatic rings. The highest BCUT2D eigenvalue weighted by Crippen LogP contribution is 2.30. The van der Waals surface area contributed by atoms with E-state index in [-0.39, 0.29) is 17.7 Å². The summed E-state index contributed by atoms with van der Waals surface area (Å²) in [6.07, 6.45) is 0. The number of rotatable bonds is 3. The van der Waals surface area contributed by atoms with Gasteiger partial charge in [0.2, 0.25) is 0 Å². The number of halogens is 1. The Hall–Kier alpha value is -1.99. The van der Waals surface area contributed by atoms with Crippen molar-refractivity contribution in [2.24, 2.45) is 0 Å². The first-order valence-corrected chi connectivity index (χ1v) is 6.77. The zero-order chi connectivity index (χ0) is 14.8. The summed E-state index contributed by atoms with van der Waals surface area (Å²) in [7, 11) is 3.54. The number of benzene rings is 1. The molecule has 1 saturated heterocycles. The van der Waals surface area contributed by atoms with Crippen molar-refractivity contribution in [3.63, 3.8) is 0 Å². The topological polar surface area (TPSA) is 63.4 Å². The number of piperazine rings is 1. The third-order valence-corrected chi connectivity index (χ3v) is 3.64. The Morgan fingerprint density at radius 1 is 1.48 bits per heavy atom. The van der Waals surface area contributed by atoms with E-state index in [1.54, 1.807) is 6.07 Å². The van der Waals surface area contributed by atoms with Gasteiger partial charge in [0.25, 0.3) is 5.89 Å². The van der Waals surface area contributed by atoms with Crippen molar-refractivity contribution < 1.29 is 13.7 Å². The van der Waals surface area contributed by atoms with E-state index in [1.165, 1.54) is 19.2 Å². The fourth-order valence-corrected chi connectivity index (χ4v) is 2.42. The molecule has 1 aromatic heterocycles. The molecular weight excluding hydrogens is 275 g/mol. The predicted octanol–water partition coefficient (Wildman–Crippen LogP) is 1.46. The zero-order valence-electron chi connectivity index (χ0n) is 12.0. The molecule has 0 saturated carbocycles. The predicted molar refractivity (Wildman–Crippen MR) is 74.5 cm³/mol. The molecule has 1 aliphatic heterocycles. The van der Waals surface area contributed by atoms with Crippen molar-refractivity contribution >= 4 is 0 Å². The number of hydrogen-bond acceptors (Lipinski definition) is 6. The fourth-order valence-electron chi connectivity index (χ4n) is 2.42. The number of methoxy groups -OCH3 is 1. The Morgan fingerprint density at radius 2 is 2.33 bits per heavy atom. The lowest BCUT2D eigenvalue weighted by atomic mass is 10.2. The lowest BCUT2D eigenvalue weighted by Gasteiger charge is -2.30. The van der Waals surface area contributed by atoms with Crippen LogP contribution in [0.3, 0.4) is 0 Å². The van der Waals surface area contributed by atoms with Crippen LogP contribution in [-0.2, 0) is 0 Å². The van der Waals surface area contributed by atoms with Gasteiger partial charge in [0.05, 0.1) is 18.7 Å². The normalized spacial score (nSPS) is 19.7. The molecule has 1 atom stereocenters. The first kappa shape index (κ1) is 14.0. The summed E-state index contributed by atoms with van der Waals surface area (Å²) in [4.78, 5) is 6.56. The third-order valence-electron chi connectivity index (χ3n) is 3.64. The van der Waals surface area contributed by atoms with Crippen LogP contribution in [0, 0.1) is 5.82 Å². The molecule has 3 rings (SSSR count). The molecule has 112 valence electrons. The minimum absolute atomic E-state index is 0.0517. The molecule has 0 spiro atoms. The zero-order valence-corrected chi connectivity index (χ0v) is 12.0. The van der Waals surface area contributed by atoms with Crippen molar-refractivity contribution in [3.8, 4) is 17.2 Å². The number of ether oxygens (including phenoxy) is 1. The Morgan fingerprint density at radius 3 is 3.10 bits per heavy atom. The molecule has 0 amide bonds. The van der Waals surface area contributed by atoms with E-state index in [4.69, 9.17) is 9.26 Å². The van der Waals surface area contributed by atoms with Crippen LogP contribution in [0.4, 0.5) is 4.39 Å². The van der Waals surface area contributed by atoms with E-state index >= 15 is 0 Å². The highest BCUT2D eigenvalue weighted by atomic mass is 19.1. The van der Waals surface area contributed by atoms with Crippen molar-refractivity contribution in [2.75, 3.05) is 33.8 Å². The lowest BCUT2D eigenvalue weighted by molar-refractivity contribution is 0.190. The highest BCUT2D eigenvalue weighted by molar-refractivity contribution is 5.62. The Labute approximate surface area is 121 Å². The van der Waals surface area contributed by atoms with E-state index in [9.17, 15) is 4.39 Å². The summed E-state index contributed by atoms with van der Waals surface area (Å²) in [5.41, 5.74) is 0.461. The van der Waals surface area contributed by atoms with Crippen molar-refractivity contribution in [1.29, 1.82) is 0 Å². The van der Waals surface area contributed by atoms with Crippen LogP contribution in [0.1, 0.15) is 11.9 Å². The summed E-state index contributed by atoms with van der Waals surface area (Å²) >= 11 is 0. The molecule has 1 unspecified atom stereocenters. The van der Waals surface area contributed by atoms with Crippen LogP contribution >= 0.6 is 0 Å². The average Bonchev–Trinajstić information content (AvgIpc) is 2.97. The van der Waals surface area contributed by atoms with Gasteiger partial charge < -0.3 is 14.6 Å². The number of aromatic nitrogens is 2. The second-order valence-corrected chi connectivity index (χ2v) is 5.00. The maximum absolute atomic E-state index is 13.4. The molecule has 1 N–H and O–H groups in total. The molecule has 1 aromatic carbocycles. The fraction of sp³-hybridized carbons (Fsp3) is 0.429. The summed E-state index contributed by atoms with van der Waals surface area (Å²) in [6.45, 7) is 2.61. The monoisotopic (exact) mass is 292 g/mol. The van der Waals surface area contributed by atoms with Gasteiger partial charge in [-0.15, -0.1) is 0 Å². The second-order valence-electron chi connectivity index (χ2n) is 5.00. The third kappa shape index (κ3) is 2.74. The van der Waals surface area contributed by atoms with Gasteiger partial charge in [0.1, 0.15) is 11.6 Å². The van der Waals surface area contributed by atoms with E-state index < -0.39 is 0 Å². The molecular formula is C14H17FN4O2. The maximum atomic E-state index is 13.4. The van der Waals surface area contributed by atoms with E-state index in [0.29, 0.717) is 17.1 Å². The van der Waals surface area contributed by atoms with Gasteiger partial charge in [-0.25, -0.2) is 4.39 Å². The van der Waals surface area contributed by atoms with Gasteiger partial charge in [-0.05, 0) is 25.2 Å². The van der Waals surface area contributed by atoms with Crippen LogP contribution in [0.15, 0.2) is 22.7 Å². The number of nitrogens with zero attached hydrogens (tertiary/aromatic N) is 3. The van der Waals surface area contributed by atoms with Gasteiger partial charge in [0.15, 0.2) is 5.82 Å². The average molecular weight is 292 g/mol. The Balaban J connectivity index is 1.93. The van der Waals surface area contributed by atoms with E-state index in [1.807, 2.05) is 7.05 Å². The van der Waals surface area contributed by atoms with E-state index in [2.05, 4.69) is 20.4 Å². The minimum atomic E-state index is -0.373. The Bertz CT molecular complexity index is 631. The van der Waals surface area contributed by atoms with E-state index in [0.717, 1.165) is 19.6 Å². The number of hydrogen-bond donors (Lipinski definition) is 1. The highest BCUT2D eigenvalue weighted by Gasteiger charge is 2.26. The van der Waals surface area contributed by atoms with Gasteiger partial charge in [-0.3, -0.25) is 4.90 Å². The minimum Gasteiger partial charge on any atom is -0.496 e. The quantitative estimate of drug-likeness (QED) is 0.924. The molecule has 7 heteroatoms. The summed E-state index contributed by atoms with van der Waals surface area (Å²) in [6, 6.07) is 4.26.